The van der Waals surface area contributed by atoms with Crippen LogP contribution in [-0.4, -0.2) is 65.3 Å². The van der Waals surface area contributed by atoms with Crippen LogP contribution in [-0.2, 0) is 33.8 Å². The molecule has 0 aromatic heterocycles. The van der Waals surface area contributed by atoms with E-state index in [1.54, 1.807) is 7.05 Å². The van der Waals surface area contributed by atoms with Crippen LogP contribution >= 0.6 is 0 Å². The summed E-state index contributed by atoms with van der Waals surface area (Å²) in [4.78, 5) is 17.3. The predicted molar refractivity (Wildman–Crippen MR) is 148 cm³/mol. The Hall–Kier alpha value is -2.63. The first-order valence-electron chi connectivity index (χ1n) is 14.8. The summed E-state index contributed by atoms with van der Waals surface area (Å²) in [6, 6.07) is 10.5. The van der Waals surface area contributed by atoms with Crippen molar-refractivity contribution >= 4 is 5.91 Å². The lowest BCUT2D eigenvalue weighted by Gasteiger charge is -2.51. The molecule has 236 valence electrons. The van der Waals surface area contributed by atoms with Crippen molar-refractivity contribution in [3.05, 3.63) is 70.8 Å². The van der Waals surface area contributed by atoms with E-state index in [1.807, 2.05) is 30.3 Å². The number of ether oxygens (including phenoxy) is 1. The second-order valence-electron chi connectivity index (χ2n) is 12.6. The quantitative estimate of drug-likeness (QED) is 0.375. The molecule has 11 heteroatoms. The molecule has 0 bridgehead atoms. The van der Waals surface area contributed by atoms with E-state index in [2.05, 4.69) is 4.90 Å². The lowest BCUT2D eigenvalue weighted by molar-refractivity contribution is -0.144. The summed E-state index contributed by atoms with van der Waals surface area (Å²) in [6.45, 7) is 2.97. The molecule has 0 unspecified atom stereocenters. The second kappa shape index (κ2) is 11.7. The molecule has 43 heavy (non-hydrogen) atoms. The number of likely N-dealkylation sites (N-methyl/N-ethyl adjacent to an activating group) is 1. The van der Waals surface area contributed by atoms with Gasteiger partial charge in [-0.05, 0) is 80.7 Å². The van der Waals surface area contributed by atoms with Crippen LogP contribution in [0, 0.1) is 0 Å². The fourth-order valence-corrected chi connectivity index (χ4v) is 7.19. The van der Waals surface area contributed by atoms with Crippen LogP contribution in [0.3, 0.4) is 0 Å². The van der Waals surface area contributed by atoms with Crippen LogP contribution in [0.5, 0.6) is 0 Å². The molecule has 0 radical (unpaired) electrons. The molecule has 2 saturated heterocycles. The summed E-state index contributed by atoms with van der Waals surface area (Å²) in [5.74, 6) is -0.598. The Morgan fingerprint density at radius 3 is 1.98 bits per heavy atom. The van der Waals surface area contributed by atoms with Crippen LogP contribution < -0.4 is 0 Å². The minimum Gasteiger partial charge on any atom is -0.389 e. The molecule has 1 spiro atoms. The molecule has 2 heterocycles. The van der Waals surface area contributed by atoms with Gasteiger partial charge >= 0.3 is 12.4 Å². The molecule has 2 aromatic rings. The zero-order chi connectivity index (χ0) is 31.1. The van der Waals surface area contributed by atoms with E-state index >= 15 is 0 Å². The third-order valence-corrected chi connectivity index (χ3v) is 9.81. The van der Waals surface area contributed by atoms with Gasteiger partial charge in [0.05, 0.1) is 34.3 Å². The van der Waals surface area contributed by atoms with Crippen molar-refractivity contribution < 1.29 is 41.0 Å². The van der Waals surface area contributed by atoms with E-state index < -0.39 is 46.9 Å². The van der Waals surface area contributed by atoms with Gasteiger partial charge < -0.3 is 19.6 Å². The highest BCUT2D eigenvalue weighted by molar-refractivity contribution is 5.79. The summed E-state index contributed by atoms with van der Waals surface area (Å²) in [5.41, 5.74) is -4.32. The lowest BCUT2D eigenvalue weighted by atomic mass is 9.69. The van der Waals surface area contributed by atoms with Gasteiger partial charge in [-0.25, -0.2) is 0 Å². The molecular weight excluding hydrogens is 574 g/mol. The highest BCUT2D eigenvalue weighted by Crippen LogP contribution is 2.46. The normalized spacial score (nSPS) is 26.5. The summed E-state index contributed by atoms with van der Waals surface area (Å²) >= 11 is 0. The van der Waals surface area contributed by atoms with Gasteiger partial charge in [0, 0.05) is 33.3 Å². The highest BCUT2D eigenvalue weighted by atomic mass is 19.4. The number of piperidine rings is 1. The number of carbonyl (C=O) groups is 1. The lowest BCUT2D eigenvalue weighted by Crippen LogP contribution is -2.56. The Morgan fingerprint density at radius 1 is 0.884 bits per heavy atom. The molecule has 5 rings (SSSR count). The Bertz CT molecular complexity index is 1240. The van der Waals surface area contributed by atoms with E-state index in [9.17, 15) is 36.2 Å². The first kappa shape index (κ1) is 31.8. The number of benzene rings is 2. The zero-order valence-electron chi connectivity index (χ0n) is 24.2. The minimum absolute atomic E-state index is 0.0301. The zero-order valence-corrected chi connectivity index (χ0v) is 24.2. The van der Waals surface area contributed by atoms with Crippen molar-refractivity contribution in [3.8, 4) is 0 Å². The summed E-state index contributed by atoms with van der Waals surface area (Å²) in [7, 11) is 1.55. The number of hydrogen-bond donors (Lipinski definition) is 1. The van der Waals surface area contributed by atoms with Crippen molar-refractivity contribution in [1.82, 2.24) is 9.80 Å². The van der Waals surface area contributed by atoms with Gasteiger partial charge in [0.2, 0.25) is 5.91 Å². The largest absolute Gasteiger partial charge is 0.416 e. The van der Waals surface area contributed by atoms with Crippen molar-refractivity contribution in [3.63, 3.8) is 0 Å². The van der Waals surface area contributed by atoms with E-state index in [0.717, 1.165) is 50.9 Å². The molecule has 0 atom stereocenters. The Labute approximate surface area is 247 Å². The molecule has 2 aliphatic heterocycles. The third-order valence-electron chi connectivity index (χ3n) is 9.81. The molecule has 3 aliphatic rings. The number of amides is 1. The Morgan fingerprint density at radius 2 is 1.47 bits per heavy atom. The van der Waals surface area contributed by atoms with Gasteiger partial charge in [-0.3, -0.25) is 4.79 Å². The van der Waals surface area contributed by atoms with E-state index in [0.29, 0.717) is 44.4 Å². The fourth-order valence-electron chi connectivity index (χ4n) is 7.19. The second-order valence-corrected chi connectivity index (χ2v) is 12.6. The first-order valence-corrected chi connectivity index (χ1v) is 14.8. The maximum Gasteiger partial charge on any atom is 0.416 e. The number of nitrogens with zero attached hydrogens (tertiary/aromatic N) is 2. The van der Waals surface area contributed by atoms with Gasteiger partial charge in [0.15, 0.2) is 0 Å². The van der Waals surface area contributed by atoms with Crippen LogP contribution in [0.4, 0.5) is 26.3 Å². The highest BCUT2D eigenvalue weighted by Gasteiger charge is 2.48. The van der Waals surface area contributed by atoms with Crippen molar-refractivity contribution in [2.75, 3.05) is 33.3 Å². The van der Waals surface area contributed by atoms with Gasteiger partial charge in [0.25, 0.3) is 0 Å². The van der Waals surface area contributed by atoms with Crippen LogP contribution in [0.1, 0.15) is 73.6 Å². The minimum atomic E-state index is -5.00. The SMILES string of the molecule is CN(C(=O)Cc1cc(C(F)(F)F)cc(C(F)(F)F)c1)[C@]1(c2ccccc2)CC[C@](O)(CN2CCC3(CCCO3)CC2)CC1. The molecule has 1 saturated carbocycles. The monoisotopic (exact) mass is 612 g/mol. The van der Waals surface area contributed by atoms with Crippen LogP contribution in [0.25, 0.3) is 0 Å². The van der Waals surface area contributed by atoms with Crippen molar-refractivity contribution in [1.29, 1.82) is 0 Å². The number of rotatable bonds is 6. The average molecular weight is 613 g/mol. The number of carbonyl (C=O) groups excluding carboxylic acids is 1. The average Bonchev–Trinajstić information content (AvgIpc) is 3.42. The summed E-state index contributed by atoms with van der Waals surface area (Å²) in [5, 5.41) is 11.6. The molecular formula is C32H38F6N2O3. The first-order chi connectivity index (χ1) is 20.1. The van der Waals surface area contributed by atoms with Gasteiger partial charge in [-0.2, -0.15) is 26.3 Å². The number of aliphatic hydroxyl groups is 1. The number of hydrogen-bond acceptors (Lipinski definition) is 4. The van der Waals surface area contributed by atoms with Crippen LogP contribution in [0.2, 0.25) is 0 Å². The van der Waals surface area contributed by atoms with Gasteiger partial charge in [0.1, 0.15) is 0 Å². The molecule has 1 amide bonds. The van der Waals surface area contributed by atoms with E-state index in [1.165, 1.54) is 4.90 Å². The maximum absolute atomic E-state index is 13.6. The molecule has 2 aromatic carbocycles. The van der Waals surface area contributed by atoms with E-state index in [4.69, 9.17) is 4.74 Å². The Balaban J connectivity index is 1.33. The van der Waals surface area contributed by atoms with Gasteiger partial charge in [-0.1, -0.05) is 30.3 Å². The standard InChI is InChI=1S/C32H38F6N2O3/c1-39(27(41)20-23-18-25(31(33,34)35)21-26(19-23)32(36,37)38)30(24-6-3-2-4-7-24)11-9-28(42,10-12-30)22-40-15-13-29(14-16-40)8-5-17-43-29/h2-4,6-7,18-19,21,42H,5,8-17,20,22H2,1H3/t28-,30-. The predicted octanol–water partition coefficient (Wildman–Crippen LogP) is 6.57. The topological polar surface area (TPSA) is 53.0 Å². The molecule has 1 aliphatic carbocycles. The molecule has 5 nitrogen and oxygen atoms in total. The third kappa shape index (κ3) is 6.88. The van der Waals surface area contributed by atoms with E-state index in [-0.39, 0.29) is 17.2 Å². The number of alkyl halides is 6. The summed E-state index contributed by atoms with van der Waals surface area (Å²) in [6.07, 6.45) is -5.04. The molecule has 1 N–H and O–H groups in total. The smallest absolute Gasteiger partial charge is 0.389 e. The maximum atomic E-state index is 13.6. The number of β-amino-alcohol motifs (C(OH)–C–C–N with tert-alkyl or cyclic N) is 1. The Kier molecular flexibility index (Phi) is 8.65. The number of halogens is 6. The number of likely N-dealkylation sites (tertiary alicyclic amines) is 1. The van der Waals surface area contributed by atoms with Crippen molar-refractivity contribution in [2.24, 2.45) is 0 Å². The summed E-state index contributed by atoms with van der Waals surface area (Å²) < 4.78 is 86.6. The van der Waals surface area contributed by atoms with Crippen LogP contribution in [0.15, 0.2) is 48.5 Å². The molecule has 3 fully saturated rings. The fraction of sp³-hybridized carbons (Fsp3) is 0.594. The van der Waals surface area contributed by atoms with Gasteiger partial charge in [-0.15, -0.1) is 0 Å². The van der Waals surface area contributed by atoms with Crippen molar-refractivity contribution in [2.45, 2.75) is 86.9 Å².